The first-order chi connectivity index (χ1) is 17.7. The van der Waals surface area contributed by atoms with Gasteiger partial charge in [0.25, 0.3) is 0 Å². The Morgan fingerprint density at radius 3 is 2.24 bits per heavy atom. The first kappa shape index (κ1) is 27.0. The quantitative estimate of drug-likeness (QED) is 0.579. The van der Waals surface area contributed by atoms with Gasteiger partial charge in [0, 0.05) is 32.2 Å². The largest absolute Gasteiger partial charge is 0.449 e. The van der Waals surface area contributed by atoms with Crippen LogP contribution in [0.4, 0.5) is 9.59 Å². The fraction of sp³-hybridized carbons (Fsp3) is 0.931. The van der Waals surface area contributed by atoms with Gasteiger partial charge < -0.3 is 29.3 Å². The third-order valence-corrected chi connectivity index (χ3v) is 9.61. The Hall–Kier alpha value is -1.54. The first-order valence-electron chi connectivity index (χ1n) is 14.9. The van der Waals surface area contributed by atoms with Gasteiger partial charge in [-0.15, -0.1) is 0 Å². The van der Waals surface area contributed by atoms with Gasteiger partial charge in [0.15, 0.2) is 0 Å². The van der Waals surface area contributed by atoms with Crippen molar-refractivity contribution in [2.45, 2.75) is 103 Å². The average molecular weight is 520 g/mol. The number of piperidine rings is 1. The molecule has 8 heteroatoms. The fourth-order valence-corrected chi connectivity index (χ4v) is 7.47. The standard InChI is InChI=1S/C29H49N3O5/c1-28(2,3)20-36-27(34)32-12-10-29(11-13-32)19-23-18-22(6-9-25(23)37-29)21-4-7-24(8-5-21)30-26(33)31-14-16-35-17-15-31/h21-25H,4-20H2,1-3H3,(H,30,33). The zero-order valence-electron chi connectivity index (χ0n) is 23.3. The van der Waals surface area contributed by atoms with Crippen molar-refractivity contribution in [1.82, 2.24) is 15.1 Å². The van der Waals surface area contributed by atoms with Crippen LogP contribution < -0.4 is 5.32 Å². The van der Waals surface area contributed by atoms with Gasteiger partial charge in [-0.3, -0.25) is 0 Å². The SMILES string of the molecule is CC(C)(C)COC(=O)N1CCC2(CC1)CC1CC(C3CCC(NC(=O)N4CCOCC4)CC3)CCC1O2. The molecule has 5 fully saturated rings. The van der Waals surface area contributed by atoms with Crippen molar-refractivity contribution in [3.05, 3.63) is 0 Å². The van der Waals surface area contributed by atoms with Crippen molar-refractivity contribution < 1.29 is 23.8 Å². The molecule has 3 aliphatic heterocycles. The number of hydrogen-bond donors (Lipinski definition) is 1. The summed E-state index contributed by atoms with van der Waals surface area (Å²) in [6.45, 7) is 10.9. The number of morpholine rings is 1. The molecule has 37 heavy (non-hydrogen) atoms. The fourth-order valence-electron chi connectivity index (χ4n) is 7.47. The minimum atomic E-state index is -0.169. The normalized spacial score (nSPS) is 34.2. The Labute approximate surface area is 223 Å². The zero-order chi connectivity index (χ0) is 26.0. The lowest BCUT2D eigenvalue weighted by atomic mass is 9.68. The number of nitrogens with zero attached hydrogens (tertiary/aromatic N) is 2. The van der Waals surface area contributed by atoms with Crippen molar-refractivity contribution in [2.75, 3.05) is 46.0 Å². The topological polar surface area (TPSA) is 80.3 Å². The molecule has 1 spiro atoms. The summed E-state index contributed by atoms with van der Waals surface area (Å²) in [5.41, 5.74) is -0.0456. The van der Waals surface area contributed by atoms with Gasteiger partial charge in [-0.05, 0) is 87.4 Å². The molecule has 5 aliphatic rings. The van der Waals surface area contributed by atoms with E-state index in [-0.39, 0.29) is 23.1 Å². The predicted molar refractivity (Wildman–Crippen MR) is 141 cm³/mol. The van der Waals surface area contributed by atoms with Crippen LogP contribution in [0.15, 0.2) is 0 Å². The van der Waals surface area contributed by atoms with Crippen LogP contribution in [-0.2, 0) is 14.2 Å². The van der Waals surface area contributed by atoms with Crippen LogP contribution in [-0.4, -0.2) is 85.7 Å². The Bertz CT molecular complexity index is 792. The third-order valence-electron chi connectivity index (χ3n) is 9.61. The van der Waals surface area contributed by atoms with Crippen molar-refractivity contribution in [1.29, 1.82) is 0 Å². The Kier molecular flexibility index (Phi) is 8.25. The maximum Gasteiger partial charge on any atom is 0.409 e. The van der Waals surface area contributed by atoms with Gasteiger partial charge in [-0.25, -0.2) is 9.59 Å². The number of amides is 3. The van der Waals surface area contributed by atoms with Crippen LogP contribution in [0, 0.1) is 23.2 Å². The molecule has 1 N–H and O–H groups in total. The smallest absolute Gasteiger partial charge is 0.409 e. The summed E-state index contributed by atoms with van der Waals surface area (Å²) in [6.07, 6.45) is 11.7. The molecule has 0 aromatic carbocycles. The third kappa shape index (κ3) is 6.73. The highest BCUT2D eigenvalue weighted by molar-refractivity contribution is 5.74. The van der Waals surface area contributed by atoms with Crippen LogP contribution in [0.1, 0.15) is 85.0 Å². The summed E-state index contributed by atoms with van der Waals surface area (Å²) >= 11 is 0. The summed E-state index contributed by atoms with van der Waals surface area (Å²) in [5, 5.41) is 3.29. The minimum absolute atomic E-state index is 0.0104. The Morgan fingerprint density at radius 2 is 1.57 bits per heavy atom. The lowest BCUT2D eigenvalue weighted by Crippen LogP contribution is -2.50. The number of fused-ring (bicyclic) bond motifs is 1. The molecule has 0 aromatic rings. The number of urea groups is 1. The average Bonchev–Trinajstić information content (AvgIpc) is 3.25. The molecule has 0 bridgehead atoms. The summed E-state index contributed by atoms with van der Waals surface area (Å²) in [7, 11) is 0. The minimum Gasteiger partial charge on any atom is -0.449 e. The van der Waals surface area contributed by atoms with E-state index in [0.29, 0.717) is 51.0 Å². The van der Waals surface area contributed by atoms with Crippen molar-refractivity contribution in [3.63, 3.8) is 0 Å². The van der Waals surface area contributed by atoms with Crippen molar-refractivity contribution in [3.8, 4) is 0 Å². The molecule has 0 radical (unpaired) electrons. The molecule has 3 saturated heterocycles. The van der Waals surface area contributed by atoms with E-state index in [2.05, 4.69) is 26.1 Å². The van der Waals surface area contributed by atoms with Gasteiger partial charge in [-0.2, -0.15) is 0 Å². The van der Waals surface area contributed by atoms with E-state index >= 15 is 0 Å². The second-order valence-electron chi connectivity index (χ2n) is 13.6. The van der Waals surface area contributed by atoms with Crippen LogP contribution in [0.2, 0.25) is 0 Å². The number of carbonyl (C=O) groups is 2. The van der Waals surface area contributed by atoms with Crippen LogP contribution >= 0.6 is 0 Å². The number of carbonyl (C=O) groups excluding carboxylic acids is 2. The molecule has 3 atom stereocenters. The summed E-state index contributed by atoms with van der Waals surface area (Å²) in [4.78, 5) is 28.9. The molecule has 2 saturated carbocycles. The number of likely N-dealkylation sites (tertiary alicyclic amines) is 1. The van der Waals surface area contributed by atoms with Crippen LogP contribution in [0.5, 0.6) is 0 Å². The van der Waals surface area contributed by atoms with Gasteiger partial charge in [0.1, 0.15) is 0 Å². The molecule has 2 aliphatic carbocycles. The van der Waals surface area contributed by atoms with E-state index in [0.717, 1.165) is 57.0 Å². The number of rotatable bonds is 3. The summed E-state index contributed by atoms with van der Waals surface area (Å²) < 4.78 is 17.7. The molecule has 3 unspecified atom stereocenters. The molecule has 3 heterocycles. The number of ether oxygens (including phenoxy) is 3. The molecular formula is C29H49N3O5. The van der Waals surface area contributed by atoms with E-state index in [9.17, 15) is 9.59 Å². The second kappa shape index (κ2) is 11.3. The van der Waals surface area contributed by atoms with E-state index in [4.69, 9.17) is 14.2 Å². The molecule has 8 nitrogen and oxygen atoms in total. The van der Waals surface area contributed by atoms with Gasteiger partial charge in [-0.1, -0.05) is 20.8 Å². The predicted octanol–water partition coefficient (Wildman–Crippen LogP) is 4.81. The van der Waals surface area contributed by atoms with Crippen LogP contribution in [0.25, 0.3) is 0 Å². The van der Waals surface area contributed by atoms with Crippen LogP contribution in [0.3, 0.4) is 0 Å². The van der Waals surface area contributed by atoms with E-state index < -0.39 is 0 Å². The Morgan fingerprint density at radius 1 is 0.892 bits per heavy atom. The van der Waals surface area contributed by atoms with Gasteiger partial charge >= 0.3 is 12.1 Å². The van der Waals surface area contributed by atoms with Gasteiger partial charge in [0.2, 0.25) is 0 Å². The maximum atomic E-state index is 12.6. The van der Waals surface area contributed by atoms with Gasteiger partial charge in [0.05, 0.1) is 31.5 Å². The molecule has 3 amide bonds. The van der Waals surface area contributed by atoms with Crippen molar-refractivity contribution in [2.24, 2.45) is 23.2 Å². The molecule has 0 aromatic heterocycles. The monoisotopic (exact) mass is 519 g/mol. The molecule has 210 valence electrons. The second-order valence-corrected chi connectivity index (χ2v) is 13.6. The van der Waals surface area contributed by atoms with E-state index in [1.54, 1.807) is 0 Å². The van der Waals surface area contributed by atoms with E-state index in [1.165, 1.54) is 32.1 Å². The van der Waals surface area contributed by atoms with E-state index in [1.807, 2.05) is 9.80 Å². The summed E-state index contributed by atoms with van der Waals surface area (Å²) in [5.74, 6) is 2.24. The highest BCUT2D eigenvalue weighted by Crippen LogP contribution is 2.51. The lowest BCUT2D eigenvalue weighted by molar-refractivity contribution is -0.0865. The number of hydrogen-bond acceptors (Lipinski definition) is 5. The zero-order valence-corrected chi connectivity index (χ0v) is 23.3. The Balaban J connectivity index is 1.04. The van der Waals surface area contributed by atoms with Crippen molar-refractivity contribution >= 4 is 12.1 Å². The first-order valence-corrected chi connectivity index (χ1v) is 14.9. The summed E-state index contributed by atoms with van der Waals surface area (Å²) in [6, 6.07) is 0.412. The molecular weight excluding hydrogens is 470 g/mol. The highest BCUT2D eigenvalue weighted by Gasteiger charge is 2.50. The highest BCUT2D eigenvalue weighted by atomic mass is 16.6. The molecule has 5 rings (SSSR count). The number of nitrogens with one attached hydrogen (secondary N) is 1. The maximum absolute atomic E-state index is 12.6. The lowest BCUT2D eigenvalue weighted by Gasteiger charge is -2.39.